The number of halogens is 1. The Balaban J connectivity index is 0.00000243. The highest BCUT2D eigenvalue weighted by molar-refractivity contribution is 6.07. The summed E-state index contributed by atoms with van der Waals surface area (Å²) in [5, 5.41) is 5.54. The van der Waals surface area contributed by atoms with E-state index < -0.39 is 0 Å². The molecule has 2 amide bonds. The molecule has 0 radical (unpaired) electrons. The Morgan fingerprint density at radius 3 is 2.23 bits per heavy atom. The molecule has 2 N–H and O–H groups in total. The van der Waals surface area contributed by atoms with Gasteiger partial charge in [-0.25, -0.2) is 4.98 Å². The van der Waals surface area contributed by atoms with Crippen molar-refractivity contribution in [3.8, 4) is 0 Å². The van der Waals surface area contributed by atoms with Gasteiger partial charge in [-0.15, -0.1) is 12.4 Å². The molecule has 0 fully saturated rings. The highest BCUT2D eigenvalue weighted by Gasteiger charge is 2.10. The van der Waals surface area contributed by atoms with Crippen LogP contribution < -0.4 is 10.6 Å². The number of hydrogen-bond donors (Lipinski definition) is 2. The van der Waals surface area contributed by atoms with Gasteiger partial charge in [0.2, 0.25) is 0 Å². The Kier molecular flexibility index (Phi) is 6.47. The average Bonchev–Trinajstić information content (AvgIpc) is 2.62. The summed E-state index contributed by atoms with van der Waals surface area (Å²) < 4.78 is 0. The fourth-order valence-electron chi connectivity index (χ4n) is 2.32. The maximum atomic E-state index is 12.4. The molecule has 0 aliphatic carbocycles. The van der Waals surface area contributed by atoms with Crippen LogP contribution in [0.15, 0.2) is 72.9 Å². The summed E-state index contributed by atoms with van der Waals surface area (Å²) in [6, 6.07) is 19.3. The molecule has 5 nitrogen and oxygen atoms in total. The van der Waals surface area contributed by atoms with Gasteiger partial charge in [-0.05, 0) is 55.0 Å². The summed E-state index contributed by atoms with van der Waals surface area (Å²) in [5.41, 5.74) is 2.56. The molecule has 1 aromatic heterocycles. The van der Waals surface area contributed by atoms with Gasteiger partial charge < -0.3 is 10.6 Å². The lowest BCUT2D eigenvalue weighted by Gasteiger charge is -2.08. The van der Waals surface area contributed by atoms with Crippen molar-refractivity contribution in [3.63, 3.8) is 0 Å². The van der Waals surface area contributed by atoms with E-state index in [-0.39, 0.29) is 24.2 Å². The molecule has 132 valence electrons. The number of benzene rings is 2. The van der Waals surface area contributed by atoms with Crippen molar-refractivity contribution in [1.29, 1.82) is 0 Å². The van der Waals surface area contributed by atoms with E-state index in [0.29, 0.717) is 22.6 Å². The van der Waals surface area contributed by atoms with E-state index in [1.165, 1.54) is 0 Å². The average molecular weight is 368 g/mol. The second-order valence-corrected chi connectivity index (χ2v) is 5.57. The van der Waals surface area contributed by atoms with Crippen LogP contribution in [-0.2, 0) is 0 Å². The Morgan fingerprint density at radius 2 is 1.50 bits per heavy atom. The molecule has 0 aliphatic rings. The van der Waals surface area contributed by atoms with E-state index in [1.807, 2.05) is 19.1 Å². The summed E-state index contributed by atoms with van der Waals surface area (Å²) in [7, 11) is 0. The third-order valence-corrected chi connectivity index (χ3v) is 3.58. The monoisotopic (exact) mass is 367 g/mol. The topological polar surface area (TPSA) is 71.1 Å². The van der Waals surface area contributed by atoms with Crippen molar-refractivity contribution in [3.05, 3.63) is 89.6 Å². The van der Waals surface area contributed by atoms with Crippen molar-refractivity contribution in [1.82, 2.24) is 4.98 Å². The number of pyridine rings is 1. The maximum Gasteiger partial charge on any atom is 0.256 e. The fourth-order valence-corrected chi connectivity index (χ4v) is 2.32. The minimum absolute atomic E-state index is 0. The number of aromatic nitrogens is 1. The van der Waals surface area contributed by atoms with E-state index in [9.17, 15) is 9.59 Å². The fraction of sp³-hybridized carbons (Fsp3) is 0.0500. The van der Waals surface area contributed by atoms with Crippen LogP contribution in [0.5, 0.6) is 0 Å². The Morgan fingerprint density at radius 1 is 0.808 bits per heavy atom. The quantitative estimate of drug-likeness (QED) is 0.721. The number of rotatable bonds is 4. The van der Waals surface area contributed by atoms with Gasteiger partial charge in [-0.3, -0.25) is 9.59 Å². The zero-order chi connectivity index (χ0) is 17.6. The maximum absolute atomic E-state index is 12.4. The van der Waals surface area contributed by atoms with Crippen LogP contribution in [0.3, 0.4) is 0 Å². The van der Waals surface area contributed by atoms with Gasteiger partial charge >= 0.3 is 0 Å². The van der Waals surface area contributed by atoms with Crippen LogP contribution in [0.4, 0.5) is 11.5 Å². The van der Waals surface area contributed by atoms with Crippen LogP contribution in [-0.4, -0.2) is 16.8 Å². The van der Waals surface area contributed by atoms with Gasteiger partial charge in [0.15, 0.2) is 0 Å². The van der Waals surface area contributed by atoms with Crippen LogP contribution in [0, 0.1) is 6.92 Å². The number of anilines is 2. The Labute approximate surface area is 157 Å². The number of carbonyl (C=O) groups is 2. The lowest BCUT2D eigenvalue weighted by Crippen LogP contribution is -2.15. The molecule has 0 bridgehead atoms. The van der Waals surface area contributed by atoms with Gasteiger partial charge in [-0.1, -0.05) is 24.3 Å². The summed E-state index contributed by atoms with van der Waals surface area (Å²) in [4.78, 5) is 28.7. The second kappa shape index (κ2) is 8.78. The predicted molar refractivity (Wildman–Crippen MR) is 105 cm³/mol. The van der Waals surface area contributed by atoms with Gasteiger partial charge in [-0.2, -0.15) is 0 Å². The van der Waals surface area contributed by atoms with E-state index in [4.69, 9.17) is 0 Å². The molecular formula is C20H18ClN3O2. The second-order valence-electron chi connectivity index (χ2n) is 5.57. The van der Waals surface area contributed by atoms with Crippen molar-refractivity contribution in [2.24, 2.45) is 0 Å². The first kappa shape index (κ1) is 19.1. The molecule has 6 heteroatoms. The first-order chi connectivity index (χ1) is 12.1. The molecule has 0 aliphatic heterocycles. The van der Waals surface area contributed by atoms with Crippen molar-refractivity contribution < 1.29 is 9.59 Å². The van der Waals surface area contributed by atoms with Crippen molar-refractivity contribution in [2.45, 2.75) is 6.92 Å². The zero-order valence-electron chi connectivity index (χ0n) is 14.1. The number of carbonyl (C=O) groups excluding carboxylic acids is 2. The zero-order valence-corrected chi connectivity index (χ0v) is 14.9. The first-order valence-corrected chi connectivity index (χ1v) is 7.82. The molecule has 0 atom stereocenters. The number of nitrogens with one attached hydrogen (secondary N) is 2. The summed E-state index contributed by atoms with van der Waals surface area (Å²) in [6.07, 6.45) is 1.64. The molecule has 0 saturated carbocycles. The van der Waals surface area contributed by atoms with Crippen LogP contribution in [0.25, 0.3) is 0 Å². The van der Waals surface area contributed by atoms with E-state index in [0.717, 1.165) is 5.56 Å². The summed E-state index contributed by atoms with van der Waals surface area (Å²) in [5.74, 6) is -0.0175. The van der Waals surface area contributed by atoms with E-state index >= 15 is 0 Å². The minimum Gasteiger partial charge on any atom is -0.322 e. The summed E-state index contributed by atoms with van der Waals surface area (Å²) in [6.45, 7) is 1.93. The van der Waals surface area contributed by atoms with E-state index in [2.05, 4.69) is 15.6 Å². The van der Waals surface area contributed by atoms with Gasteiger partial charge in [0.05, 0.1) is 0 Å². The normalized spacial score (nSPS) is 9.73. The minimum atomic E-state index is -0.283. The third kappa shape index (κ3) is 4.91. The standard InChI is InChI=1S/C20H17N3O2.ClH/c1-14-10-11-21-18(12-14)23-20(25)16-8-5-9-17(13-16)22-19(24)15-6-3-2-4-7-15;/h2-13H,1H3,(H,22,24)(H,21,23,25);1H. The van der Waals surface area contributed by atoms with Crippen molar-refractivity contribution >= 4 is 35.7 Å². The Hall–Kier alpha value is -3.18. The molecule has 3 aromatic rings. The molecule has 26 heavy (non-hydrogen) atoms. The molecule has 0 unspecified atom stereocenters. The van der Waals surface area contributed by atoms with E-state index in [1.54, 1.807) is 60.8 Å². The molecular weight excluding hydrogens is 350 g/mol. The predicted octanol–water partition coefficient (Wildman–Crippen LogP) is 4.32. The van der Waals surface area contributed by atoms with Gasteiger partial charge in [0, 0.05) is 23.0 Å². The SMILES string of the molecule is Cc1ccnc(NC(=O)c2cccc(NC(=O)c3ccccc3)c2)c1.Cl. The third-order valence-electron chi connectivity index (χ3n) is 3.58. The van der Waals surface area contributed by atoms with Crippen LogP contribution >= 0.6 is 12.4 Å². The molecule has 2 aromatic carbocycles. The number of amides is 2. The lowest BCUT2D eigenvalue weighted by atomic mass is 10.1. The summed E-state index contributed by atoms with van der Waals surface area (Å²) >= 11 is 0. The van der Waals surface area contributed by atoms with Gasteiger partial charge in [0.1, 0.15) is 5.82 Å². The largest absolute Gasteiger partial charge is 0.322 e. The van der Waals surface area contributed by atoms with Crippen LogP contribution in [0.1, 0.15) is 26.3 Å². The molecule has 0 spiro atoms. The smallest absolute Gasteiger partial charge is 0.256 e. The highest BCUT2D eigenvalue weighted by atomic mass is 35.5. The first-order valence-electron chi connectivity index (χ1n) is 7.82. The lowest BCUT2D eigenvalue weighted by molar-refractivity contribution is 0.101. The number of hydrogen-bond acceptors (Lipinski definition) is 3. The Bertz CT molecular complexity index is 914. The molecule has 3 rings (SSSR count). The number of nitrogens with zero attached hydrogens (tertiary/aromatic N) is 1. The van der Waals surface area contributed by atoms with Crippen LogP contribution in [0.2, 0.25) is 0 Å². The molecule has 1 heterocycles. The highest BCUT2D eigenvalue weighted by Crippen LogP contribution is 2.14. The van der Waals surface area contributed by atoms with Gasteiger partial charge in [0.25, 0.3) is 11.8 Å². The molecule has 0 saturated heterocycles. The number of aryl methyl sites for hydroxylation is 1. The van der Waals surface area contributed by atoms with Crippen molar-refractivity contribution in [2.75, 3.05) is 10.6 Å².